The molecule has 0 atom stereocenters. The molecule has 0 aromatic carbocycles. The van der Waals surface area contributed by atoms with Crippen molar-refractivity contribution in [2.45, 2.75) is 59.7 Å². The van der Waals surface area contributed by atoms with E-state index in [2.05, 4.69) is 45.2 Å². The van der Waals surface area contributed by atoms with Crippen molar-refractivity contribution in [3.8, 4) is 0 Å². The number of nitrogens with one attached hydrogen (secondary N) is 2. The first-order valence-corrected chi connectivity index (χ1v) is 9.47. The zero-order valence-electron chi connectivity index (χ0n) is 14.7. The first-order valence-electron chi connectivity index (χ1n) is 8.65. The van der Waals surface area contributed by atoms with Gasteiger partial charge in [0, 0.05) is 30.6 Å². The molecule has 0 fully saturated rings. The molecular weight excluding hydrogens is 320 g/mol. The molecule has 0 bridgehead atoms. The molecule has 0 aliphatic carbocycles. The molecule has 0 unspecified atom stereocenters. The van der Waals surface area contributed by atoms with E-state index in [9.17, 15) is 0 Å². The second-order valence-electron chi connectivity index (χ2n) is 6.09. The smallest absolute Gasteiger partial charge is 0.191 e. The Morgan fingerprint density at radius 1 is 1.29 bits per heavy atom. The van der Waals surface area contributed by atoms with E-state index in [1.807, 2.05) is 6.92 Å². The Labute approximate surface area is 147 Å². The van der Waals surface area contributed by atoms with Gasteiger partial charge < -0.3 is 15.2 Å². The van der Waals surface area contributed by atoms with Crippen LogP contribution in [0, 0.1) is 13.8 Å². The highest BCUT2D eigenvalue weighted by molar-refractivity contribution is 7.11. The van der Waals surface area contributed by atoms with Gasteiger partial charge in [0.2, 0.25) is 0 Å². The molecule has 2 aromatic heterocycles. The van der Waals surface area contributed by atoms with Crippen LogP contribution in [0.5, 0.6) is 0 Å². The number of imidazole rings is 1. The summed E-state index contributed by atoms with van der Waals surface area (Å²) in [4.78, 5) is 15.1. The van der Waals surface area contributed by atoms with E-state index in [-0.39, 0.29) is 0 Å². The molecule has 2 N–H and O–H groups in total. The lowest BCUT2D eigenvalue weighted by Gasteiger charge is -2.11. The Balaban J connectivity index is 1.62. The third-order valence-corrected chi connectivity index (χ3v) is 5.19. The second-order valence-corrected chi connectivity index (χ2v) is 7.38. The fourth-order valence-corrected chi connectivity index (χ4v) is 3.83. The van der Waals surface area contributed by atoms with Crippen LogP contribution in [0.3, 0.4) is 0 Å². The van der Waals surface area contributed by atoms with Gasteiger partial charge in [-0.1, -0.05) is 0 Å². The lowest BCUT2D eigenvalue weighted by atomic mass is 10.2. The summed E-state index contributed by atoms with van der Waals surface area (Å²) in [7, 11) is 0. The minimum atomic E-state index is 0.607. The van der Waals surface area contributed by atoms with E-state index in [1.54, 1.807) is 11.3 Å². The van der Waals surface area contributed by atoms with Gasteiger partial charge >= 0.3 is 0 Å². The van der Waals surface area contributed by atoms with Crippen LogP contribution >= 0.6 is 11.3 Å². The average molecular weight is 347 g/mol. The molecule has 0 amide bonds. The standard InChI is InChI=1S/C17H26N6S/c1-4-18-17(20-10-15-12(2)21-13(3)24-15)19-9-14-11-23-8-6-5-7-16(23)22-14/h11H,4-10H2,1-3H3,(H2,18,19,20). The second kappa shape index (κ2) is 7.79. The highest BCUT2D eigenvalue weighted by Crippen LogP contribution is 2.17. The quantitative estimate of drug-likeness (QED) is 0.645. The number of guanidine groups is 1. The number of rotatable bonds is 5. The summed E-state index contributed by atoms with van der Waals surface area (Å²) < 4.78 is 2.28. The summed E-state index contributed by atoms with van der Waals surface area (Å²) in [5, 5.41) is 7.80. The monoisotopic (exact) mass is 346 g/mol. The maximum absolute atomic E-state index is 4.71. The first kappa shape index (κ1) is 17.0. The molecule has 2 aromatic rings. The maximum Gasteiger partial charge on any atom is 0.191 e. The van der Waals surface area contributed by atoms with Crippen LogP contribution in [0.25, 0.3) is 0 Å². The molecule has 6 nitrogen and oxygen atoms in total. The molecule has 3 rings (SSSR count). The highest BCUT2D eigenvalue weighted by atomic mass is 32.1. The van der Waals surface area contributed by atoms with Crippen molar-refractivity contribution < 1.29 is 0 Å². The Kier molecular flexibility index (Phi) is 5.50. The van der Waals surface area contributed by atoms with Crippen LogP contribution in [0.2, 0.25) is 0 Å². The van der Waals surface area contributed by atoms with Crippen molar-refractivity contribution in [2.24, 2.45) is 4.99 Å². The number of thiazole rings is 1. The lowest BCUT2D eigenvalue weighted by molar-refractivity contribution is 0.522. The molecule has 24 heavy (non-hydrogen) atoms. The summed E-state index contributed by atoms with van der Waals surface area (Å²) in [5.41, 5.74) is 2.15. The SMILES string of the molecule is CCNC(=NCc1cn2c(n1)CCCC2)NCc1sc(C)nc1C. The van der Waals surface area contributed by atoms with Gasteiger partial charge in [-0.2, -0.15) is 0 Å². The van der Waals surface area contributed by atoms with E-state index in [1.165, 1.54) is 23.5 Å². The van der Waals surface area contributed by atoms with Crippen molar-refractivity contribution in [2.75, 3.05) is 6.54 Å². The largest absolute Gasteiger partial charge is 0.357 e. The minimum Gasteiger partial charge on any atom is -0.357 e. The molecule has 0 spiro atoms. The van der Waals surface area contributed by atoms with E-state index in [4.69, 9.17) is 4.98 Å². The summed E-state index contributed by atoms with van der Waals surface area (Å²) in [6, 6.07) is 0. The molecule has 1 aliphatic heterocycles. The zero-order chi connectivity index (χ0) is 16.9. The van der Waals surface area contributed by atoms with Crippen LogP contribution in [0.15, 0.2) is 11.2 Å². The Morgan fingerprint density at radius 2 is 2.17 bits per heavy atom. The van der Waals surface area contributed by atoms with Gasteiger partial charge in [0.15, 0.2) is 5.96 Å². The predicted molar refractivity (Wildman–Crippen MR) is 98.4 cm³/mol. The number of fused-ring (bicyclic) bond motifs is 1. The van der Waals surface area contributed by atoms with Crippen molar-refractivity contribution >= 4 is 17.3 Å². The van der Waals surface area contributed by atoms with Crippen molar-refractivity contribution in [1.82, 2.24) is 25.2 Å². The normalized spacial score (nSPS) is 14.5. The summed E-state index contributed by atoms with van der Waals surface area (Å²) in [5.74, 6) is 2.04. The molecule has 0 saturated carbocycles. The molecule has 3 heterocycles. The van der Waals surface area contributed by atoms with Crippen LogP contribution < -0.4 is 10.6 Å². The number of hydrogen-bond donors (Lipinski definition) is 2. The average Bonchev–Trinajstić information content (AvgIpc) is 3.12. The number of aryl methyl sites for hydroxylation is 4. The summed E-state index contributed by atoms with van der Waals surface area (Å²) >= 11 is 1.74. The Morgan fingerprint density at radius 3 is 2.88 bits per heavy atom. The van der Waals surface area contributed by atoms with Gasteiger partial charge in [-0.15, -0.1) is 11.3 Å². The zero-order valence-corrected chi connectivity index (χ0v) is 15.5. The first-order chi connectivity index (χ1) is 11.7. The van der Waals surface area contributed by atoms with Gasteiger partial charge in [0.1, 0.15) is 5.82 Å². The van der Waals surface area contributed by atoms with Crippen LogP contribution in [0.1, 0.15) is 46.9 Å². The van der Waals surface area contributed by atoms with E-state index >= 15 is 0 Å². The van der Waals surface area contributed by atoms with Crippen molar-refractivity contribution in [3.63, 3.8) is 0 Å². The summed E-state index contributed by atoms with van der Waals surface area (Å²) in [6.45, 7) is 9.47. The molecule has 7 heteroatoms. The van der Waals surface area contributed by atoms with Gasteiger partial charge in [0.05, 0.1) is 29.5 Å². The van der Waals surface area contributed by atoms with Crippen LogP contribution in [-0.2, 0) is 26.1 Å². The van der Waals surface area contributed by atoms with Crippen molar-refractivity contribution in [1.29, 1.82) is 0 Å². The fourth-order valence-electron chi connectivity index (χ4n) is 2.95. The maximum atomic E-state index is 4.71. The highest BCUT2D eigenvalue weighted by Gasteiger charge is 2.12. The molecule has 0 radical (unpaired) electrons. The topological polar surface area (TPSA) is 67.1 Å². The summed E-state index contributed by atoms with van der Waals surface area (Å²) in [6.07, 6.45) is 5.74. The third kappa shape index (κ3) is 4.14. The molecule has 1 aliphatic rings. The predicted octanol–water partition coefficient (Wildman–Crippen LogP) is 2.55. The van der Waals surface area contributed by atoms with E-state index in [0.29, 0.717) is 6.54 Å². The number of hydrogen-bond acceptors (Lipinski definition) is 4. The fraction of sp³-hybridized carbons (Fsp3) is 0.588. The van der Waals surface area contributed by atoms with Crippen LogP contribution in [-0.4, -0.2) is 27.0 Å². The van der Waals surface area contributed by atoms with Crippen molar-refractivity contribution in [3.05, 3.63) is 33.3 Å². The molecular formula is C17H26N6S. The van der Waals surface area contributed by atoms with Gasteiger partial charge in [-0.3, -0.25) is 0 Å². The Bertz CT molecular complexity index is 691. The molecule has 130 valence electrons. The van der Waals surface area contributed by atoms with Crippen LogP contribution in [0.4, 0.5) is 0 Å². The number of aromatic nitrogens is 3. The van der Waals surface area contributed by atoms with Gasteiger partial charge in [-0.25, -0.2) is 15.0 Å². The number of nitrogens with zero attached hydrogens (tertiary/aromatic N) is 4. The van der Waals surface area contributed by atoms with Gasteiger partial charge in [-0.05, 0) is 33.6 Å². The number of aliphatic imine (C=N–C) groups is 1. The third-order valence-electron chi connectivity index (χ3n) is 4.12. The van der Waals surface area contributed by atoms with E-state index < -0.39 is 0 Å². The Hall–Kier alpha value is -1.89. The lowest BCUT2D eigenvalue weighted by Crippen LogP contribution is -2.36. The van der Waals surface area contributed by atoms with E-state index in [0.717, 1.165) is 48.4 Å². The minimum absolute atomic E-state index is 0.607. The van der Waals surface area contributed by atoms with Gasteiger partial charge in [0.25, 0.3) is 0 Å². The molecule has 0 saturated heterocycles.